The maximum Gasteiger partial charge on any atom is 0.416 e. The maximum absolute atomic E-state index is 12.7. The zero-order valence-electron chi connectivity index (χ0n) is 12.0. The van der Waals surface area contributed by atoms with Gasteiger partial charge in [-0.3, -0.25) is 0 Å². The predicted octanol–water partition coefficient (Wildman–Crippen LogP) is 2.59. The van der Waals surface area contributed by atoms with Crippen LogP contribution in [-0.4, -0.2) is 22.7 Å². The third-order valence-electron chi connectivity index (χ3n) is 3.39. The molecule has 8 heteroatoms. The molecule has 0 bridgehead atoms. The molecule has 0 aliphatic heterocycles. The number of aromatic nitrogens is 1. The molecule has 0 spiro atoms. The first kappa shape index (κ1) is 17.5. The number of aliphatic hydroxyl groups is 1. The van der Waals surface area contributed by atoms with E-state index >= 15 is 0 Å². The minimum absolute atomic E-state index is 0.0165. The highest BCUT2D eigenvalue weighted by molar-refractivity contribution is 5.49. The highest BCUT2D eigenvalue weighted by atomic mass is 19.4. The molecule has 0 saturated carbocycles. The van der Waals surface area contributed by atoms with E-state index in [4.69, 9.17) is 5.84 Å². The summed E-state index contributed by atoms with van der Waals surface area (Å²) in [6, 6.07) is 1.71. The Morgan fingerprint density at radius 3 is 2.29 bits per heavy atom. The highest BCUT2D eigenvalue weighted by Gasteiger charge is 2.31. The molecule has 1 atom stereocenters. The topological polar surface area (TPSA) is 83.2 Å². The van der Waals surface area contributed by atoms with Gasteiger partial charge in [-0.15, -0.1) is 0 Å². The molecule has 0 aliphatic rings. The first-order valence-electron chi connectivity index (χ1n) is 6.79. The number of hydrazine groups is 1. The fourth-order valence-corrected chi connectivity index (χ4v) is 2.07. The molecule has 0 aliphatic carbocycles. The average molecular weight is 306 g/mol. The number of nitrogens with two attached hydrogens (primary N) is 1. The van der Waals surface area contributed by atoms with E-state index in [1.165, 1.54) is 0 Å². The SMILES string of the molecule is CCC(CC)C(O)CNc1cc(C(F)(F)F)cc(NN)n1. The van der Waals surface area contributed by atoms with Crippen LogP contribution in [0.5, 0.6) is 0 Å². The summed E-state index contributed by atoms with van der Waals surface area (Å²) in [5.74, 6) is 5.14. The first-order valence-corrected chi connectivity index (χ1v) is 6.79. The van der Waals surface area contributed by atoms with Gasteiger partial charge in [0.2, 0.25) is 0 Å². The van der Waals surface area contributed by atoms with Crippen LogP contribution in [0.3, 0.4) is 0 Å². The monoisotopic (exact) mass is 306 g/mol. The van der Waals surface area contributed by atoms with Crippen LogP contribution < -0.4 is 16.6 Å². The van der Waals surface area contributed by atoms with Gasteiger partial charge < -0.3 is 15.8 Å². The van der Waals surface area contributed by atoms with Crippen LogP contribution in [0.1, 0.15) is 32.3 Å². The Morgan fingerprint density at radius 2 is 1.81 bits per heavy atom. The third-order valence-corrected chi connectivity index (χ3v) is 3.39. The van der Waals surface area contributed by atoms with Gasteiger partial charge in [-0.25, -0.2) is 10.8 Å². The molecular weight excluding hydrogens is 285 g/mol. The molecule has 1 aromatic heterocycles. The predicted molar refractivity (Wildman–Crippen MR) is 75.6 cm³/mol. The largest absolute Gasteiger partial charge is 0.416 e. The standard InChI is InChI=1S/C13H21F3N4O/c1-3-8(4-2)10(21)7-18-11-5-9(13(14,15)16)6-12(19-11)20-17/h5-6,8,10,21H,3-4,7,17H2,1-2H3,(H2,18,19,20). The molecular formula is C13H21F3N4O. The Bertz CT molecular complexity index is 450. The van der Waals surface area contributed by atoms with E-state index in [1.54, 1.807) is 0 Å². The molecule has 5 nitrogen and oxygen atoms in total. The average Bonchev–Trinajstić information content (AvgIpc) is 2.45. The van der Waals surface area contributed by atoms with Crippen molar-refractivity contribution in [3.05, 3.63) is 17.7 Å². The number of pyridine rings is 1. The van der Waals surface area contributed by atoms with E-state index in [2.05, 4.69) is 15.7 Å². The number of nitrogens with zero attached hydrogens (tertiary/aromatic N) is 1. The highest BCUT2D eigenvalue weighted by Crippen LogP contribution is 2.31. The van der Waals surface area contributed by atoms with E-state index in [0.717, 1.165) is 25.0 Å². The number of hydrogen-bond donors (Lipinski definition) is 4. The lowest BCUT2D eigenvalue weighted by atomic mass is 9.96. The molecule has 0 fully saturated rings. The molecule has 1 rings (SSSR count). The Hall–Kier alpha value is -1.54. The second kappa shape index (κ2) is 7.46. The lowest BCUT2D eigenvalue weighted by Gasteiger charge is -2.21. The first-order chi connectivity index (χ1) is 9.81. The summed E-state index contributed by atoms with van der Waals surface area (Å²) in [5.41, 5.74) is 1.24. The Labute approximate surface area is 121 Å². The van der Waals surface area contributed by atoms with Gasteiger partial charge in [0, 0.05) is 6.54 Å². The number of anilines is 2. The molecule has 21 heavy (non-hydrogen) atoms. The summed E-state index contributed by atoms with van der Waals surface area (Å²) >= 11 is 0. The summed E-state index contributed by atoms with van der Waals surface area (Å²) in [7, 11) is 0. The maximum atomic E-state index is 12.7. The van der Waals surface area contributed by atoms with Gasteiger partial charge in [0.05, 0.1) is 11.7 Å². The molecule has 0 saturated heterocycles. The normalized spacial score (nSPS) is 13.3. The minimum atomic E-state index is -4.49. The number of rotatable bonds is 7. The van der Waals surface area contributed by atoms with Gasteiger partial charge in [-0.2, -0.15) is 13.2 Å². The van der Waals surface area contributed by atoms with Crippen molar-refractivity contribution in [1.82, 2.24) is 4.98 Å². The van der Waals surface area contributed by atoms with Crippen molar-refractivity contribution in [2.75, 3.05) is 17.3 Å². The van der Waals surface area contributed by atoms with Gasteiger partial charge in [0.1, 0.15) is 11.6 Å². The molecule has 0 aromatic carbocycles. The van der Waals surface area contributed by atoms with Crippen molar-refractivity contribution in [3.63, 3.8) is 0 Å². The van der Waals surface area contributed by atoms with Crippen LogP contribution in [0.2, 0.25) is 0 Å². The summed E-state index contributed by atoms with van der Waals surface area (Å²) in [5, 5.41) is 12.7. The van der Waals surface area contributed by atoms with Crippen molar-refractivity contribution in [3.8, 4) is 0 Å². The number of nitrogens with one attached hydrogen (secondary N) is 2. The molecule has 0 amide bonds. The Kier molecular flexibility index (Phi) is 6.22. The van der Waals surface area contributed by atoms with Crippen molar-refractivity contribution in [1.29, 1.82) is 0 Å². The molecule has 5 N–H and O–H groups in total. The van der Waals surface area contributed by atoms with Gasteiger partial charge in [0.25, 0.3) is 0 Å². The number of nitrogen functional groups attached to an aromatic ring is 1. The zero-order chi connectivity index (χ0) is 16.0. The van der Waals surface area contributed by atoms with Crippen LogP contribution in [0.15, 0.2) is 12.1 Å². The third kappa shape index (κ3) is 5.05. The van der Waals surface area contributed by atoms with E-state index in [-0.39, 0.29) is 24.1 Å². The van der Waals surface area contributed by atoms with Crippen molar-refractivity contribution >= 4 is 11.6 Å². The smallest absolute Gasteiger partial charge is 0.391 e. The quantitative estimate of drug-likeness (QED) is 0.460. The summed E-state index contributed by atoms with van der Waals surface area (Å²) in [4.78, 5) is 3.89. The summed E-state index contributed by atoms with van der Waals surface area (Å²) in [6.45, 7) is 4.04. The zero-order valence-corrected chi connectivity index (χ0v) is 12.0. The molecule has 1 aromatic rings. The lowest BCUT2D eigenvalue weighted by molar-refractivity contribution is -0.137. The van der Waals surface area contributed by atoms with Crippen molar-refractivity contribution < 1.29 is 18.3 Å². The molecule has 0 radical (unpaired) electrons. The minimum Gasteiger partial charge on any atom is -0.391 e. The lowest BCUT2D eigenvalue weighted by Crippen LogP contribution is -2.28. The number of hydrogen-bond acceptors (Lipinski definition) is 5. The fourth-order valence-electron chi connectivity index (χ4n) is 2.07. The Morgan fingerprint density at radius 1 is 1.24 bits per heavy atom. The van der Waals surface area contributed by atoms with E-state index in [9.17, 15) is 18.3 Å². The van der Waals surface area contributed by atoms with E-state index in [0.29, 0.717) is 0 Å². The van der Waals surface area contributed by atoms with Crippen LogP contribution in [0.4, 0.5) is 24.8 Å². The van der Waals surface area contributed by atoms with Crippen LogP contribution >= 0.6 is 0 Å². The Balaban J connectivity index is 2.83. The number of halogens is 3. The van der Waals surface area contributed by atoms with E-state index < -0.39 is 17.8 Å². The number of aliphatic hydroxyl groups excluding tert-OH is 1. The second-order valence-corrected chi connectivity index (χ2v) is 4.79. The van der Waals surface area contributed by atoms with Gasteiger partial charge in [-0.1, -0.05) is 26.7 Å². The van der Waals surface area contributed by atoms with Crippen LogP contribution in [0, 0.1) is 5.92 Å². The van der Waals surface area contributed by atoms with Gasteiger partial charge >= 0.3 is 6.18 Å². The van der Waals surface area contributed by atoms with Crippen molar-refractivity contribution in [2.45, 2.75) is 39.0 Å². The molecule has 1 heterocycles. The number of alkyl halides is 3. The summed E-state index contributed by atoms with van der Waals surface area (Å²) < 4.78 is 38.2. The fraction of sp³-hybridized carbons (Fsp3) is 0.615. The van der Waals surface area contributed by atoms with E-state index in [1.807, 2.05) is 13.8 Å². The van der Waals surface area contributed by atoms with Gasteiger partial charge in [-0.05, 0) is 18.1 Å². The van der Waals surface area contributed by atoms with Crippen LogP contribution in [-0.2, 0) is 6.18 Å². The summed E-state index contributed by atoms with van der Waals surface area (Å²) in [6.07, 6.45) is -3.54. The molecule has 120 valence electrons. The van der Waals surface area contributed by atoms with Crippen LogP contribution in [0.25, 0.3) is 0 Å². The molecule has 1 unspecified atom stereocenters. The van der Waals surface area contributed by atoms with Crippen molar-refractivity contribution in [2.24, 2.45) is 11.8 Å². The van der Waals surface area contributed by atoms with Gasteiger partial charge in [0.15, 0.2) is 0 Å². The second-order valence-electron chi connectivity index (χ2n) is 4.79.